The number of esters is 4. The van der Waals surface area contributed by atoms with Crippen LogP contribution in [0.15, 0.2) is 46.8 Å². The fraction of sp³-hybridized carbons (Fsp3) is 0.417. The monoisotopic (exact) mass is 475 g/mol. The van der Waals surface area contributed by atoms with Gasteiger partial charge in [-0.05, 0) is 45.4 Å². The van der Waals surface area contributed by atoms with Crippen LogP contribution >= 0.6 is 0 Å². The van der Waals surface area contributed by atoms with Gasteiger partial charge in [0.25, 0.3) is 0 Å². The highest BCUT2D eigenvalue weighted by Gasteiger charge is 2.44. The summed E-state index contributed by atoms with van der Waals surface area (Å²) in [6.07, 6.45) is 0. The number of hydrogen-bond acceptors (Lipinski definition) is 10. The second kappa shape index (κ2) is 12.4. The number of benzene rings is 1. The van der Waals surface area contributed by atoms with Gasteiger partial charge in [-0.2, -0.15) is 0 Å². The largest absolute Gasteiger partial charge is 0.497 e. The van der Waals surface area contributed by atoms with Gasteiger partial charge in [0.1, 0.15) is 17.1 Å². The molecule has 0 bridgehead atoms. The predicted octanol–water partition coefficient (Wildman–Crippen LogP) is 2.14. The maximum Gasteiger partial charge on any atom is 0.355 e. The average molecular weight is 475 g/mol. The van der Waals surface area contributed by atoms with Crippen molar-refractivity contribution in [3.63, 3.8) is 0 Å². The first-order valence-corrected chi connectivity index (χ1v) is 10.9. The number of nitrogens with one attached hydrogen (secondary N) is 1. The third-order valence-electron chi connectivity index (χ3n) is 4.74. The minimum absolute atomic E-state index is 0.00641. The van der Waals surface area contributed by atoms with Gasteiger partial charge >= 0.3 is 23.9 Å². The summed E-state index contributed by atoms with van der Waals surface area (Å²) < 4.78 is 26.0. The van der Waals surface area contributed by atoms with Gasteiger partial charge in [0.05, 0.1) is 50.6 Å². The van der Waals surface area contributed by atoms with Crippen LogP contribution in [-0.2, 0) is 38.1 Å². The molecule has 184 valence electrons. The number of carbonyl (C=O) groups excluding carboxylic acids is 4. The van der Waals surface area contributed by atoms with E-state index >= 15 is 0 Å². The number of carbonyl (C=O) groups is 4. The van der Waals surface area contributed by atoms with Crippen LogP contribution in [0, 0.1) is 0 Å². The van der Waals surface area contributed by atoms with Gasteiger partial charge in [0.15, 0.2) is 0 Å². The maximum absolute atomic E-state index is 13.1. The van der Waals surface area contributed by atoms with Crippen LogP contribution in [0.2, 0.25) is 0 Å². The maximum atomic E-state index is 13.1. The van der Waals surface area contributed by atoms with Gasteiger partial charge in [0.2, 0.25) is 0 Å². The van der Waals surface area contributed by atoms with E-state index in [0.29, 0.717) is 11.3 Å². The third-order valence-corrected chi connectivity index (χ3v) is 4.74. The SMILES string of the molecule is CCOC(=O)C1=C(C(=O)OCC)C(c2cccc(OC)c2)C(C(=O)OCC)=C(C(=O)OCC)N1. The van der Waals surface area contributed by atoms with Gasteiger partial charge in [0, 0.05) is 0 Å². The summed E-state index contributed by atoms with van der Waals surface area (Å²) >= 11 is 0. The van der Waals surface area contributed by atoms with Gasteiger partial charge in [-0.15, -0.1) is 0 Å². The summed E-state index contributed by atoms with van der Waals surface area (Å²) in [6.45, 7) is 6.42. The molecule has 1 aliphatic rings. The highest BCUT2D eigenvalue weighted by Crippen LogP contribution is 2.41. The lowest BCUT2D eigenvalue weighted by atomic mass is 9.79. The molecule has 1 N–H and O–H groups in total. The second-order valence-corrected chi connectivity index (χ2v) is 6.79. The lowest BCUT2D eigenvalue weighted by Gasteiger charge is -2.30. The molecule has 0 radical (unpaired) electrons. The van der Waals surface area contributed by atoms with Gasteiger partial charge in [-0.1, -0.05) is 12.1 Å². The Bertz CT molecular complexity index is 953. The Hall–Kier alpha value is -3.82. The zero-order valence-electron chi connectivity index (χ0n) is 19.9. The zero-order valence-corrected chi connectivity index (χ0v) is 19.9. The van der Waals surface area contributed by atoms with E-state index in [4.69, 9.17) is 23.7 Å². The number of dihydropyridines is 1. The third kappa shape index (κ3) is 5.75. The molecule has 10 heteroatoms. The fourth-order valence-electron chi connectivity index (χ4n) is 3.43. The van der Waals surface area contributed by atoms with Crippen molar-refractivity contribution in [3.05, 3.63) is 52.4 Å². The second-order valence-electron chi connectivity index (χ2n) is 6.79. The summed E-state index contributed by atoms with van der Waals surface area (Å²) in [7, 11) is 1.46. The minimum atomic E-state index is -1.21. The zero-order chi connectivity index (χ0) is 25.3. The van der Waals surface area contributed by atoms with E-state index in [1.54, 1.807) is 52.0 Å². The smallest absolute Gasteiger partial charge is 0.355 e. The van der Waals surface area contributed by atoms with Crippen LogP contribution in [-0.4, -0.2) is 57.4 Å². The van der Waals surface area contributed by atoms with Crippen LogP contribution in [0.5, 0.6) is 5.75 Å². The first-order chi connectivity index (χ1) is 16.3. The van der Waals surface area contributed by atoms with E-state index < -0.39 is 29.8 Å². The van der Waals surface area contributed by atoms with E-state index in [1.807, 2.05) is 0 Å². The van der Waals surface area contributed by atoms with Crippen molar-refractivity contribution in [1.82, 2.24) is 5.32 Å². The summed E-state index contributed by atoms with van der Waals surface area (Å²) in [5.74, 6) is -4.32. The van der Waals surface area contributed by atoms with Crippen molar-refractivity contribution >= 4 is 23.9 Å². The Morgan fingerprint density at radius 3 is 1.59 bits per heavy atom. The van der Waals surface area contributed by atoms with Crippen LogP contribution in [0.25, 0.3) is 0 Å². The molecule has 0 aliphatic carbocycles. The average Bonchev–Trinajstić information content (AvgIpc) is 2.83. The molecule has 1 heterocycles. The molecular weight excluding hydrogens is 446 g/mol. The molecule has 0 fully saturated rings. The van der Waals surface area contributed by atoms with Crippen LogP contribution in [0.1, 0.15) is 39.2 Å². The molecule has 0 spiro atoms. The molecule has 10 nitrogen and oxygen atoms in total. The van der Waals surface area contributed by atoms with E-state index in [9.17, 15) is 19.2 Å². The Labute approximate surface area is 197 Å². The lowest BCUT2D eigenvalue weighted by molar-refractivity contribution is -0.144. The highest BCUT2D eigenvalue weighted by atomic mass is 16.5. The summed E-state index contributed by atoms with van der Waals surface area (Å²) in [6, 6.07) is 6.53. The van der Waals surface area contributed by atoms with E-state index in [1.165, 1.54) is 7.11 Å². The van der Waals surface area contributed by atoms with Crippen molar-refractivity contribution in [2.75, 3.05) is 33.5 Å². The van der Waals surface area contributed by atoms with Gasteiger partial charge < -0.3 is 29.0 Å². The first-order valence-electron chi connectivity index (χ1n) is 10.9. The summed E-state index contributed by atoms with van der Waals surface area (Å²) in [5, 5.41) is 2.61. The Morgan fingerprint density at radius 2 is 1.18 bits per heavy atom. The molecule has 0 atom stereocenters. The van der Waals surface area contributed by atoms with Gasteiger partial charge in [-0.3, -0.25) is 0 Å². The van der Waals surface area contributed by atoms with E-state index in [0.717, 1.165) is 0 Å². The number of ether oxygens (including phenoxy) is 5. The number of rotatable bonds is 10. The Morgan fingerprint density at radius 1 is 0.735 bits per heavy atom. The van der Waals surface area contributed by atoms with Crippen LogP contribution < -0.4 is 10.1 Å². The molecule has 34 heavy (non-hydrogen) atoms. The molecule has 0 saturated heterocycles. The molecule has 0 unspecified atom stereocenters. The summed E-state index contributed by atoms with van der Waals surface area (Å²) in [4.78, 5) is 52.0. The van der Waals surface area contributed by atoms with Crippen LogP contribution in [0.3, 0.4) is 0 Å². The van der Waals surface area contributed by atoms with Crippen molar-refractivity contribution in [3.8, 4) is 5.75 Å². The fourth-order valence-corrected chi connectivity index (χ4v) is 3.43. The van der Waals surface area contributed by atoms with Crippen molar-refractivity contribution in [2.45, 2.75) is 33.6 Å². The standard InChI is InChI=1S/C24H29NO9/c1-6-31-21(26)17-16(14-11-10-12-15(13-14)30-5)18(22(27)32-7-2)20(24(29)34-9-4)25-19(17)23(28)33-8-3/h10-13,16,25H,6-9H2,1-5H3. The van der Waals surface area contributed by atoms with Gasteiger partial charge in [-0.25, -0.2) is 19.2 Å². The minimum Gasteiger partial charge on any atom is -0.497 e. The quantitative estimate of drug-likeness (QED) is 0.397. The van der Waals surface area contributed by atoms with Crippen molar-refractivity contribution in [2.24, 2.45) is 0 Å². The van der Waals surface area contributed by atoms with Crippen molar-refractivity contribution in [1.29, 1.82) is 0 Å². The highest BCUT2D eigenvalue weighted by molar-refractivity contribution is 6.10. The normalized spacial score (nSPS) is 13.7. The molecule has 2 rings (SSSR count). The molecule has 1 aromatic rings. The molecular formula is C24H29NO9. The number of hydrogen-bond donors (Lipinski definition) is 1. The Balaban J connectivity index is 2.93. The predicted molar refractivity (Wildman–Crippen MR) is 119 cm³/mol. The molecule has 0 aromatic heterocycles. The van der Waals surface area contributed by atoms with E-state index in [2.05, 4.69) is 5.32 Å². The molecule has 0 amide bonds. The van der Waals surface area contributed by atoms with E-state index in [-0.39, 0.29) is 49.0 Å². The molecule has 0 saturated carbocycles. The van der Waals surface area contributed by atoms with Crippen molar-refractivity contribution < 1.29 is 42.9 Å². The first kappa shape index (κ1) is 26.4. The topological polar surface area (TPSA) is 126 Å². The molecule has 1 aromatic carbocycles. The summed E-state index contributed by atoms with van der Waals surface area (Å²) in [5.41, 5.74) is -0.682. The van der Waals surface area contributed by atoms with Crippen LogP contribution in [0.4, 0.5) is 0 Å². The Kier molecular flexibility index (Phi) is 9.66. The molecule has 1 aliphatic heterocycles. The lowest BCUT2D eigenvalue weighted by Crippen LogP contribution is -2.40. The number of methoxy groups -OCH3 is 1.